The number of aromatic nitrogens is 4. The lowest BCUT2D eigenvalue weighted by atomic mass is 10.1. The highest BCUT2D eigenvalue weighted by molar-refractivity contribution is 9.10. The van der Waals surface area contributed by atoms with E-state index in [1.165, 1.54) is 6.42 Å². The summed E-state index contributed by atoms with van der Waals surface area (Å²) in [7, 11) is 0. The molecule has 1 aliphatic rings. The molecule has 136 valence electrons. The number of fused-ring (bicyclic) bond motifs is 1. The van der Waals surface area contributed by atoms with Gasteiger partial charge in [0.15, 0.2) is 0 Å². The molecule has 4 rings (SSSR count). The smallest absolute Gasteiger partial charge is 0.244 e. The Hall–Kier alpha value is -2.19. The Morgan fingerprint density at radius 1 is 1.31 bits per heavy atom. The molecule has 1 aromatic carbocycles. The van der Waals surface area contributed by atoms with Crippen molar-refractivity contribution in [1.29, 1.82) is 0 Å². The fraction of sp³-hybridized carbons (Fsp3) is 0.389. The second-order valence-corrected chi connectivity index (χ2v) is 7.45. The minimum atomic E-state index is 0.156. The predicted molar refractivity (Wildman–Crippen MR) is 104 cm³/mol. The summed E-state index contributed by atoms with van der Waals surface area (Å²) in [6.07, 6.45) is 4.00. The molecule has 0 spiro atoms. The van der Waals surface area contributed by atoms with Crippen LogP contribution in [-0.2, 0) is 0 Å². The van der Waals surface area contributed by atoms with E-state index >= 15 is 0 Å². The molecule has 0 amide bonds. The number of phenolic OH excluding ortho intramolecular Hbond substituents is 1. The number of aromatic hydroxyl groups is 1. The summed E-state index contributed by atoms with van der Waals surface area (Å²) in [5.41, 5.74) is 2.05. The van der Waals surface area contributed by atoms with Crippen LogP contribution in [0.5, 0.6) is 5.75 Å². The molecule has 1 aliphatic heterocycles. The number of likely N-dealkylation sites (tertiary alicyclic amines) is 1. The van der Waals surface area contributed by atoms with Gasteiger partial charge in [-0.1, -0.05) is 22.9 Å². The van der Waals surface area contributed by atoms with E-state index < -0.39 is 0 Å². The number of halogens is 1. The van der Waals surface area contributed by atoms with Crippen molar-refractivity contribution >= 4 is 27.4 Å². The Morgan fingerprint density at radius 3 is 3.00 bits per heavy atom. The monoisotopic (exact) mass is 416 g/mol. The molecule has 7 nitrogen and oxygen atoms in total. The van der Waals surface area contributed by atoms with Gasteiger partial charge in [0.1, 0.15) is 11.4 Å². The molecule has 1 saturated heterocycles. The Balaban J connectivity index is 1.68. The normalized spacial score (nSPS) is 18.3. The van der Waals surface area contributed by atoms with Crippen LogP contribution in [-0.4, -0.2) is 55.5 Å². The molecule has 1 fully saturated rings. The summed E-state index contributed by atoms with van der Waals surface area (Å²) >= 11 is 3.36. The topological polar surface area (TPSA) is 78.6 Å². The van der Waals surface area contributed by atoms with E-state index in [2.05, 4.69) is 48.4 Å². The van der Waals surface area contributed by atoms with Crippen molar-refractivity contribution in [2.75, 3.05) is 25.0 Å². The van der Waals surface area contributed by atoms with Gasteiger partial charge in [0, 0.05) is 22.6 Å². The van der Waals surface area contributed by atoms with E-state index in [-0.39, 0.29) is 5.75 Å². The van der Waals surface area contributed by atoms with Crippen LogP contribution in [0, 0.1) is 0 Å². The van der Waals surface area contributed by atoms with Crippen molar-refractivity contribution in [3.05, 3.63) is 34.9 Å². The highest BCUT2D eigenvalue weighted by Gasteiger charge is 2.21. The molecule has 0 unspecified atom stereocenters. The number of anilines is 1. The maximum absolute atomic E-state index is 10.3. The number of rotatable bonds is 4. The molecule has 1 atom stereocenters. The zero-order valence-electron chi connectivity index (χ0n) is 14.6. The molecular weight excluding hydrogens is 396 g/mol. The van der Waals surface area contributed by atoms with Gasteiger partial charge in [0.05, 0.1) is 11.7 Å². The molecule has 3 heterocycles. The van der Waals surface area contributed by atoms with Crippen molar-refractivity contribution in [3.63, 3.8) is 0 Å². The van der Waals surface area contributed by atoms with Crippen molar-refractivity contribution in [1.82, 2.24) is 24.7 Å². The number of benzene rings is 1. The predicted octanol–water partition coefficient (Wildman–Crippen LogP) is 3.16. The van der Waals surface area contributed by atoms with Gasteiger partial charge in [0.25, 0.3) is 0 Å². The van der Waals surface area contributed by atoms with Gasteiger partial charge < -0.3 is 15.3 Å². The summed E-state index contributed by atoms with van der Waals surface area (Å²) in [5, 5.41) is 26.9. The lowest BCUT2D eigenvalue weighted by Crippen LogP contribution is -2.42. The molecule has 0 bridgehead atoms. The lowest BCUT2D eigenvalue weighted by Gasteiger charge is -2.32. The molecule has 2 aromatic heterocycles. The third-order valence-corrected chi connectivity index (χ3v) is 5.32. The Kier molecular flexibility index (Phi) is 4.78. The van der Waals surface area contributed by atoms with Crippen LogP contribution in [0.15, 0.2) is 34.9 Å². The summed E-state index contributed by atoms with van der Waals surface area (Å²) in [6.45, 7) is 5.39. The standard InChI is InChI=1S/C18H21BrN6O/c1-2-24-9-3-4-13(11-24)21-18-23-22-17(15-7-8-20-25(15)18)14-6-5-12(19)10-16(14)26/h5-8,10,13,26H,2-4,9,11H2,1H3,(H,21,23)/t13-/m1/s1. The molecule has 0 saturated carbocycles. The third-order valence-electron chi connectivity index (χ3n) is 4.83. The van der Waals surface area contributed by atoms with Gasteiger partial charge in [-0.2, -0.15) is 9.61 Å². The van der Waals surface area contributed by atoms with Crippen LogP contribution >= 0.6 is 15.9 Å². The fourth-order valence-corrected chi connectivity index (χ4v) is 3.82. The van der Waals surface area contributed by atoms with E-state index in [0.717, 1.165) is 36.0 Å². The molecule has 8 heteroatoms. The number of nitrogens with one attached hydrogen (secondary N) is 1. The maximum atomic E-state index is 10.3. The molecule has 2 N–H and O–H groups in total. The Labute approximate surface area is 160 Å². The van der Waals surface area contributed by atoms with E-state index in [0.29, 0.717) is 23.2 Å². The number of likely N-dealkylation sites (N-methyl/N-ethyl adjacent to an activating group) is 1. The van der Waals surface area contributed by atoms with E-state index in [1.54, 1.807) is 16.8 Å². The van der Waals surface area contributed by atoms with Crippen molar-refractivity contribution in [2.24, 2.45) is 0 Å². The first-order valence-electron chi connectivity index (χ1n) is 8.84. The zero-order valence-corrected chi connectivity index (χ0v) is 16.1. The summed E-state index contributed by atoms with van der Waals surface area (Å²) < 4.78 is 2.57. The van der Waals surface area contributed by atoms with Gasteiger partial charge >= 0.3 is 0 Å². The Bertz CT molecular complexity index is 927. The molecule has 3 aromatic rings. The molecular formula is C18H21BrN6O. The van der Waals surface area contributed by atoms with Crippen LogP contribution in [0.1, 0.15) is 19.8 Å². The summed E-state index contributed by atoms with van der Waals surface area (Å²) in [6, 6.07) is 7.56. The van der Waals surface area contributed by atoms with Crippen molar-refractivity contribution in [2.45, 2.75) is 25.8 Å². The van der Waals surface area contributed by atoms with Gasteiger partial charge in [-0.3, -0.25) is 0 Å². The van der Waals surface area contributed by atoms with E-state index in [1.807, 2.05) is 18.2 Å². The number of piperidine rings is 1. The third kappa shape index (κ3) is 3.26. The molecule has 0 radical (unpaired) electrons. The number of hydrogen-bond donors (Lipinski definition) is 2. The Morgan fingerprint density at radius 2 is 2.19 bits per heavy atom. The van der Waals surface area contributed by atoms with Gasteiger partial charge in [0.2, 0.25) is 5.95 Å². The lowest BCUT2D eigenvalue weighted by molar-refractivity contribution is 0.226. The van der Waals surface area contributed by atoms with E-state index in [4.69, 9.17) is 0 Å². The van der Waals surface area contributed by atoms with Crippen molar-refractivity contribution < 1.29 is 5.11 Å². The van der Waals surface area contributed by atoms with Gasteiger partial charge in [-0.15, -0.1) is 10.2 Å². The van der Waals surface area contributed by atoms with Crippen LogP contribution in [0.4, 0.5) is 5.95 Å². The second-order valence-electron chi connectivity index (χ2n) is 6.54. The maximum Gasteiger partial charge on any atom is 0.244 e. The first-order chi connectivity index (χ1) is 12.7. The second kappa shape index (κ2) is 7.20. The fourth-order valence-electron chi connectivity index (χ4n) is 3.47. The van der Waals surface area contributed by atoms with Crippen LogP contribution < -0.4 is 5.32 Å². The largest absolute Gasteiger partial charge is 0.507 e. The SMILES string of the molecule is CCN1CCC[C@@H](Nc2nnc(-c3ccc(Br)cc3O)c3ccnn23)C1. The van der Waals surface area contributed by atoms with Crippen LogP contribution in [0.25, 0.3) is 16.8 Å². The average molecular weight is 417 g/mol. The summed E-state index contributed by atoms with van der Waals surface area (Å²) in [4.78, 5) is 2.43. The number of nitrogens with zero attached hydrogens (tertiary/aromatic N) is 5. The zero-order chi connectivity index (χ0) is 18.1. The number of phenols is 1. The van der Waals surface area contributed by atoms with Crippen molar-refractivity contribution in [3.8, 4) is 17.0 Å². The highest BCUT2D eigenvalue weighted by atomic mass is 79.9. The highest BCUT2D eigenvalue weighted by Crippen LogP contribution is 2.33. The average Bonchev–Trinajstić information content (AvgIpc) is 3.13. The molecule has 26 heavy (non-hydrogen) atoms. The van der Waals surface area contributed by atoms with Gasteiger partial charge in [-0.05, 0) is 50.2 Å². The molecule has 0 aliphatic carbocycles. The van der Waals surface area contributed by atoms with E-state index in [9.17, 15) is 5.11 Å². The quantitative estimate of drug-likeness (QED) is 0.679. The minimum Gasteiger partial charge on any atom is -0.507 e. The van der Waals surface area contributed by atoms with Crippen LogP contribution in [0.2, 0.25) is 0 Å². The number of hydrogen-bond acceptors (Lipinski definition) is 6. The first-order valence-corrected chi connectivity index (χ1v) is 9.63. The van der Waals surface area contributed by atoms with Gasteiger partial charge in [-0.25, -0.2) is 0 Å². The first kappa shape index (κ1) is 17.2. The summed E-state index contributed by atoms with van der Waals surface area (Å²) in [5.74, 6) is 0.789. The van der Waals surface area contributed by atoms with Crippen LogP contribution in [0.3, 0.4) is 0 Å². The minimum absolute atomic E-state index is 0.156.